The van der Waals surface area contributed by atoms with Crippen molar-refractivity contribution in [3.8, 4) is 0 Å². The Morgan fingerprint density at radius 2 is 1.52 bits per heavy atom. The first-order valence-corrected chi connectivity index (χ1v) is 8.03. The number of rotatable bonds is 4. The van der Waals surface area contributed by atoms with E-state index >= 15 is 0 Å². The third-order valence-corrected chi connectivity index (χ3v) is 3.86. The second-order valence-electron chi connectivity index (χ2n) is 5.76. The van der Waals surface area contributed by atoms with Gasteiger partial charge in [-0.05, 0) is 36.8 Å². The maximum Gasteiger partial charge on any atom is 0.279 e. The van der Waals surface area contributed by atoms with E-state index in [4.69, 9.17) is 0 Å². The third kappa shape index (κ3) is 3.98. The summed E-state index contributed by atoms with van der Waals surface area (Å²) in [5.41, 5.74) is 2.67. The highest BCUT2D eigenvalue weighted by Crippen LogP contribution is 2.14. The summed E-state index contributed by atoms with van der Waals surface area (Å²) in [5.74, 6) is -0.741. The van der Waals surface area contributed by atoms with Crippen LogP contribution in [-0.2, 0) is 6.54 Å². The van der Waals surface area contributed by atoms with Gasteiger partial charge < -0.3 is 0 Å². The zero-order valence-electron chi connectivity index (χ0n) is 13.9. The fourth-order valence-electron chi connectivity index (χ4n) is 2.48. The van der Waals surface area contributed by atoms with Crippen LogP contribution in [0.2, 0.25) is 0 Å². The van der Waals surface area contributed by atoms with Crippen molar-refractivity contribution in [2.75, 3.05) is 0 Å². The Morgan fingerprint density at radius 1 is 0.840 bits per heavy atom. The first-order valence-electron chi connectivity index (χ1n) is 8.03. The lowest BCUT2D eigenvalue weighted by atomic mass is 10.1. The van der Waals surface area contributed by atoms with Crippen molar-refractivity contribution in [2.24, 2.45) is 0 Å². The molecule has 2 aromatic carbocycles. The number of aromatic nitrogens is 1. The molecule has 4 heteroatoms. The molecule has 0 saturated carbocycles. The lowest BCUT2D eigenvalue weighted by molar-refractivity contribution is 0.0600. The molecule has 0 atom stereocenters. The average molecular weight is 330 g/mol. The fourth-order valence-corrected chi connectivity index (χ4v) is 2.48. The Morgan fingerprint density at radius 3 is 2.16 bits per heavy atom. The Hall–Kier alpha value is -3.27. The summed E-state index contributed by atoms with van der Waals surface area (Å²) in [6, 6.07) is 21.7. The Labute approximate surface area is 146 Å². The predicted molar refractivity (Wildman–Crippen MR) is 96.1 cm³/mol. The molecule has 0 saturated heterocycles. The number of aryl methyl sites for hydroxylation is 1. The van der Waals surface area contributed by atoms with Crippen molar-refractivity contribution in [3.05, 3.63) is 101 Å². The van der Waals surface area contributed by atoms with E-state index in [1.165, 1.54) is 4.90 Å². The van der Waals surface area contributed by atoms with Gasteiger partial charge in [-0.3, -0.25) is 19.5 Å². The zero-order valence-corrected chi connectivity index (χ0v) is 13.9. The van der Waals surface area contributed by atoms with Gasteiger partial charge in [-0.2, -0.15) is 0 Å². The van der Waals surface area contributed by atoms with Crippen LogP contribution in [0.1, 0.15) is 32.0 Å². The van der Waals surface area contributed by atoms with Crippen LogP contribution in [0.3, 0.4) is 0 Å². The Bertz CT molecular complexity index is 859. The second-order valence-corrected chi connectivity index (χ2v) is 5.76. The van der Waals surface area contributed by atoms with Gasteiger partial charge in [0.25, 0.3) is 11.8 Å². The standard InChI is InChI=1S/C21H18N2O2/c1-16-10-12-18(13-11-16)20(24)23(15-17-7-3-2-4-8-17)21(25)19-9-5-6-14-22-19/h2-14H,15H2,1H3. The van der Waals surface area contributed by atoms with Crippen LogP contribution < -0.4 is 0 Å². The summed E-state index contributed by atoms with van der Waals surface area (Å²) < 4.78 is 0. The van der Waals surface area contributed by atoms with Gasteiger partial charge in [0.1, 0.15) is 5.69 Å². The van der Waals surface area contributed by atoms with Crippen molar-refractivity contribution in [2.45, 2.75) is 13.5 Å². The number of carbonyl (C=O) groups excluding carboxylic acids is 2. The van der Waals surface area contributed by atoms with Gasteiger partial charge in [-0.25, -0.2) is 0 Å². The van der Waals surface area contributed by atoms with Crippen LogP contribution in [0, 0.1) is 6.92 Å². The van der Waals surface area contributed by atoms with Gasteiger partial charge in [0.05, 0.1) is 6.54 Å². The van der Waals surface area contributed by atoms with Crippen molar-refractivity contribution in [1.82, 2.24) is 9.88 Å². The molecule has 3 rings (SSSR count). The zero-order chi connectivity index (χ0) is 17.6. The van der Waals surface area contributed by atoms with Gasteiger partial charge in [0, 0.05) is 11.8 Å². The summed E-state index contributed by atoms with van der Waals surface area (Å²) in [4.78, 5) is 31.2. The largest absolute Gasteiger partial charge is 0.279 e. The maximum atomic E-state index is 13.0. The van der Waals surface area contributed by atoms with E-state index < -0.39 is 5.91 Å². The highest BCUT2D eigenvalue weighted by atomic mass is 16.2. The molecular weight excluding hydrogens is 312 g/mol. The van der Waals surface area contributed by atoms with Gasteiger partial charge in [-0.1, -0.05) is 54.1 Å². The monoisotopic (exact) mass is 330 g/mol. The van der Waals surface area contributed by atoms with E-state index in [1.807, 2.05) is 49.4 Å². The van der Waals surface area contributed by atoms with Crippen molar-refractivity contribution in [1.29, 1.82) is 0 Å². The minimum Gasteiger partial charge on any atom is -0.269 e. The average Bonchev–Trinajstić information content (AvgIpc) is 2.67. The number of amides is 2. The van der Waals surface area contributed by atoms with Gasteiger partial charge in [-0.15, -0.1) is 0 Å². The summed E-state index contributed by atoms with van der Waals surface area (Å²) in [5, 5.41) is 0. The number of nitrogens with zero attached hydrogens (tertiary/aromatic N) is 2. The molecule has 25 heavy (non-hydrogen) atoms. The summed E-state index contributed by atoms with van der Waals surface area (Å²) in [6.07, 6.45) is 1.55. The van der Waals surface area contributed by atoms with Crippen LogP contribution in [0.4, 0.5) is 0 Å². The molecule has 0 fully saturated rings. The first kappa shape index (κ1) is 16.6. The molecular formula is C21H18N2O2. The van der Waals surface area contributed by atoms with E-state index in [0.29, 0.717) is 5.56 Å². The second kappa shape index (κ2) is 7.53. The lowest BCUT2D eigenvalue weighted by Gasteiger charge is -2.21. The maximum absolute atomic E-state index is 13.0. The van der Waals surface area contributed by atoms with Crippen molar-refractivity contribution in [3.63, 3.8) is 0 Å². The predicted octanol–water partition coefficient (Wildman–Crippen LogP) is 3.87. The number of pyridine rings is 1. The van der Waals surface area contributed by atoms with Crippen LogP contribution in [0.25, 0.3) is 0 Å². The topological polar surface area (TPSA) is 50.3 Å². The quantitative estimate of drug-likeness (QED) is 0.682. The van der Waals surface area contributed by atoms with E-state index in [0.717, 1.165) is 11.1 Å². The van der Waals surface area contributed by atoms with Gasteiger partial charge in [0.15, 0.2) is 0 Å². The number of carbonyl (C=O) groups is 2. The molecule has 3 aromatic rings. The number of hydrogen-bond acceptors (Lipinski definition) is 3. The summed E-state index contributed by atoms with van der Waals surface area (Å²) >= 11 is 0. The number of benzene rings is 2. The molecule has 0 unspecified atom stereocenters. The lowest BCUT2D eigenvalue weighted by Crippen LogP contribution is -2.36. The molecule has 0 aliphatic rings. The van der Waals surface area contributed by atoms with E-state index in [-0.39, 0.29) is 18.1 Å². The highest BCUT2D eigenvalue weighted by molar-refractivity contribution is 6.09. The van der Waals surface area contributed by atoms with Gasteiger partial charge >= 0.3 is 0 Å². The molecule has 0 aliphatic carbocycles. The van der Waals surface area contributed by atoms with Gasteiger partial charge in [0.2, 0.25) is 0 Å². The molecule has 0 spiro atoms. The molecule has 0 bridgehead atoms. The van der Waals surface area contributed by atoms with Crippen LogP contribution >= 0.6 is 0 Å². The molecule has 124 valence electrons. The third-order valence-electron chi connectivity index (χ3n) is 3.86. The van der Waals surface area contributed by atoms with E-state index in [1.54, 1.807) is 36.5 Å². The molecule has 0 aliphatic heterocycles. The number of imide groups is 1. The van der Waals surface area contributed by atoms with E-state index in [2.05, 4.69) is 4.98 Å². The Balaban J connectivity index is 1.95. The van der Waals surface area contributed by atoms with Crippen molar-refractivity contribution < 1.29 is 9.59 Å². The Kier molecular flexibility index (Phi) is 5.00. The normalized spacial score (nSPS) is 10.3. The van der Waals surface area contributed by atoms with Crippen LogP contribution in [0.15, 0.2) is 79.0 Å². The highest BCUT2D eigenvalue weighted by Gasteiger charge is 2.25. The fraction of sp³-hybridized carbons (Fsp3) is 0.0952. The van der Waals surface area contributed by atoms with Crippen molar-refractivity contribution >= 4 is 11.8 Å². The SMILES string of the molecule is Cc1ccc(C(=O)N(Cc2ccccc2)C(=O)c2ccccn2)cc1. The first-order chi connectivity index (χ1) is 12.1. The summed E-state index contributed by atoms with van der Waals surface area (Å²) in [7, 11) is 0. The minimum atomic E-state index is -0.407. The van der Waals surface area contributed by atoms with Crippen LogP contribution in [0.5, 0.6) is 0 Å². The number of hydrogen-bond donors (Lipinski definition) is 0. The molecule has 0 N–H and O–H groups in total. The summed E-state index contributed by atoms with van der Waals surface area (Å²) in [6.45, 7) is 2.15. The molecule has 0 radical (unpaired) electrons. The molecule has 1 aromatic heterocycles. The van der Waals surface area contributed by atoms with E-state index in [9.17, 15) is 9.59 Å². The molecule has 1 heterocycles. The minimum absolute atomic E-state index is 0.197. The molecule has 4 nitrogen and oxygen atoms in total. The smallest absolute Gasteiger partial charge is 0.269 e. The van der Waals surface area contributed by atoms with Crippen LogP contribution in [-0.4, -0.2) is 21.7 Å². The molecule has 2 amide bonds.